The average molecular weight is 332 g/mol. The molecule has 0 saturated carbocycles. The number of piperidine rings is 1. The Hall–Kier alpha value is -2.09. The van der Waals surface area contributed by atoms with E-state index < -0.39 is 0 Å². The third kappa shape index (κ3) is 4.22. The Morgan fingerprint density at radius 3 is 3.17 bits per heavy atom. The Bertz CT molecular complexity index is 606. The minimum atomic E-state index is -0.000643. The van der Waals surface area contributed by atoms with Crippen LogP contribution >= 0.6 is 11.8 Å². The Morgan fingerprint density at radius 1 is 1.43 bits per heavy atom. The molecule has 2 N–H and O–H groups in total. The Morgan fingerprint density at radius 2 is 2.39 bits per heavy atom. The van der Waals surface area contributed by atoms with E-state index in [1.807, 2.05) is 23.2 Å². The van der Waals surface area contributed by atoms with Crippen LogP contribution in [-0.4, -0.2) is 50.2 Å². The summed E-state index contributed by atoms with van der Waals surface area (Å²) in [5.41, 5.74) is 1.11. The molecular weight excluding hydrogens is 312 g/mol. The van der Waals surface area contributed by atoms with Gasteiger partial charge in [0.1, 0.15) is 5.03 Å². The fourth-order valence-electron chi connectivity index (χ4n) is 2.77. The number of nitrogens with zero attached hydrogens (tertiary/aromatic N) is 4. The van der Waals surface area contributed by atoms with E-state index in [0.29, 0.717) is 6.54 Å². The topological polar surface area (TPSA) is 86.8 Å². The lowest BCUT2D eigenvalue weighted by atomic mass is 9.97. The second kappa shape index (κ2) is 7.96. The maximum absolute atomic E-state index is 12.5. The van der Waals surface area contributed by atoms with E-state index >= 15 is 0 Å². The highest BCUT2D eigenvalue weighted by atomic mass is 32.2. The molecule has 0 radical (unpaired) electrons. The zero-order chi connectivity index (χ0) is 15.9. The van der Waals surface area contributed by atoms with Crippen molar-refractivity contribution in [3.63, 3.8) is 0 Å². The summed E-state index contributed by atoms with van der Waals surface area (Å²) in [5, 5.41) is 14.1. The molecule has 3 heterocycles. The molecule has 1 aliphatic rings. The monoisotopic (exact) mass is 332 g/mol. The van der Waals surface area contributed by atoms with Gasteiger partial charge in [0.25, 0.3) is 0 Å². The normalized spacial score (nSPS) is 17.9. The molecule has 0 aliphatic carbocycles. The summed E-state index contributed by atoms with van der Waals surface area (Å²) in [6, 6.07) is 4.10. The van der Waals surface area contributed by atoms with E-state index in [0.717, 1.165) is 42.1 Å². The Labute approximate surface area is 139 Å². The highest BCUT2D eigenvalue weighted by Crippen LogP contribution is 2.30. The van der Waals surface area contributed by atoms with Crippen LogP contribution in [0.25, 0.3) is 0 Å². The van der Waals surface area contributed by atoms with Crippen molar-refractivity contribution < 1.29 is 4.79 Å². The summed E-state index contributed by atoms with van der Waals surface area (Å²) >= 11 is 1.56. The van der Waals surface area contributed by atoms with E-state index in [4.69, 9.17) is 0 Å². The maximum Gasteiger partial charge on any atom is 0.317 e. The first kappa shape index (κ1) is 15.8. The van der Waals surface area contributed by atoms with E-state index in [1.54, 1.807) is 24.2 Å². The van der Waals surface area contributed by atoms with Crippen molar-refractivity contribution in [2.45, 2.75) is 30.3 Å². The summed E-state index contributed by atoms with van der Waals surface area (Å²) in [6.07, 6.45) is 8.49. The second-order valence-corrected chi connectivity index (χ2v) is 6.50. The van der Waals surface area contributed by atoms with Gasteiger partial charge in [0, 0.05) is 31.2 Å². The maximum atomic E-state index is 12.5. The zero-order valence-corrected chi connectivity index (χ0v) is 13.6. The minimum Gasteiger partial charge on any atom is -0.337 e. The fourth-order valence-corrected chi connectivity index (χ4v) is 3.42. The highest BCUT2D eigenvalue weighted by molar-refractivity contribution is 7.99. The third-order valence-corrected chi connectivity index (χ3v) is 4.75. The van der Waals surface area contributed by atoms with Crippen LogP contribution in [0.15, 0.2) is 35.7 Å². The van der Waals surface area contributed by atoms with Gasteiger partial charge in [-0.3, -0.25) is 4.98 Å². The molecule has 1 aliphatic heterocycles. The summed E-state index contributed by atoms with van der Waals surface area (Å²) < 4.78 is 0. The molecule has 7 nitrogen and oxygen atoms in total. The molecule has 8 heteroatoms. The summed E-state index contributed by atoms with van der Waals surface area (Å²) in [4.78, 5) is 18.6. The van der Waals surface area contributed by atoms with E-state index in [2.05, 4.69) is 25.7 Å². The van der Waals surface area contributed by atoms with Gasteiger partial charge in [0.05, 0.1) is 12.2 Å². The number of hydrogen-bond acceptors (Lipinski definition) is 5. The number of likely N-dealkylation sites (tertiary alicyclic amines) is 1. The van der Waals surface area contributed by atoms with Crippen molar-refractivity contribution in [3.8, 4) is 0 Å². The predicted octanol–water partition coefficient (Wildman–Crippen LogP) is 2.23. The van der Waals surface area contributed by atoms with Crippen LogP contribution in [0.3, 0.4) is 0 Å². The van der Waals surface area contributed by atoms with Crippen LogP contribution in [-0.2, 0) is 0 Å². The molecule has 2 aromatic rings. The number of thioether (sulfide) groups is 1. The van der Waals surface area contributed by atoms with Gasteiger partial charge in [-0.2, -0.15) is 10.3 Å². The van der Waals surface area contributed by atoms with Crippen LogP contribution in [0.1, 0.15) is 30.9 Å². The van der Waals surface area contributed by atoms with Crippen molar-refractivity contribution >= 4 is 17.8 Å². The van der Waals surface area contributed by atoms with Crippen molar-refractivity contribution in [2.75, 3.05) is 18.8 Å². The van der Waals surface area contributed by atoms with Gasteiger partial charge < -0.3 is 10.2 Å². The van der Waals surface area contributed by atoms with Gasteiger partial charge in [0.2, 0.25) is 0 Å². The molecule has 3 rings (SSSR count). The lowest BCUT2D eigenvalue weighted by Gasteiger charge is -2.35. The lowest BCUT2D eigenvalue weighted by Crippen LogP contribution is -2.45. The molecule has 2 aromatic heterocycles. The summed E-state index contributed by atoms with van der Waals surface area (Å²) in [5.74, 6) is 0.768. The van der Waals surface area contributed by atoms with Crippen LogP contribution in [0.5, 0.6) is 0 Å². The molecule has 1 atom stereocenters. The van der Waals surface area contributed by atoms with Crippen LogP contribution in [0, 0.1) is 0 Å². The number of pyridine rings is 1. The number of H-pyrrole nitrogens is 1. The Balaban J connectivity index is 1.52. The number of urea groups is 1. The molecular formula is C15H20N6OS. The summed E-state index contributed by atoms with van der Waals surface area (Å²) in [6.45, 7) is 1.40. The number of amides is 2. The molecule has 0 aromatic carbocycles. The van der Waals surface area contributed by atoms with E-state index in [1.165, 1.54) is 0 Å². The number of rotatable bonds is 5. The van der Waals surface area contributed by atoms with Crippen LogP contribution in [0.2, 0.25) is 0 Å². The standard InChI is InChI=1S/C15H20N6OS/c22-15(17-7-9-23-14-11-18-20-19-14)21-8-2-1-5-13(21)12-4-3-6-16-10-12/h3-4,6,10-11,13H,1-2,5,7-9H2,(H,17,22)(H,18,19,20)/t13-/m1/s1. The molecule has 0 unspecified atom stereocenters. The smallest absolute Gasteiger partial charge is 0.317 e. The molecule has 0 spiro atoms. The van der Waals surface area contributed by atoms with Gasteiger partial charge in [0.15, 0.2) is 0 Å². The molecule has 0 bridgehead atoms. The fraction of sp³-hybridized carbons (Fsp3) is 0.467. The largest absolute Gasteiger partial charge is 0.337 e. The molecule has 122 valence electrons. The highest BCUT2D eigenvalue weighted by Gasteiger charge is 2.27. The third-order valence-electron chi connectivity index (χ3n) is 3.85. The van der Waals surface area contributed by atoms with Gasteiger partial charge in [-0.25, -0.2) is 4.79 Å². The van der Waals surface area contributed by atoms with E-state index in [-0.39, 0.29) is 12.1 Å². The number of aromatic amines is 1. The van der Waals surface area contributed by atoms with Gasteiger partial charge in [-0.05, 0) is 30.9 Å². The number of aromatic nitrogens is 4. The van der Waals surface area contributed by atoms with Gasteiger partial charge in [-0.1, -0.05) is 6.07 Å². The lowest BCUT2D eigenvalue weighted by molar-refractivity contribution is 0.152. The van der Waals surface area contributed by atoms with Crippen molar-refractivity contribution in [3.05, 3.63) is 36.3 Å². The molecule has 1 saturated heterocycles. The number of nitrogens with one attached hydrogen (secondary N) is 2. The second-order valence-electron chi connectivity index (χ2n) is 5.38. The van der Waals surface area contributed by atoms with Crippen LogP contribution in [0.4, 0.5) is 4.79 Å². The van der Waals surface area contributed by atoms with E-state index in [9.17, 15) is 4.79 Å². The Kier molecular flexibility index (Phi) is 5.46. The van der Waals surface area contributed by atoms with Crippen molar-refractivity contribution in [1.82, 2.24) is 30.6 Å². The van der Waals surface area contributed by atoms with Crippen molar-refractivity contribution in [2.24, 2.45) is 0 Å². The summed E-state index contributed by atoms with van der Waals surface area (Å²) in [7, 11) is 0. The molecule has 1 fully saturated rings. The first-order valence-electron chi connectivity index (χ1n) is 7.77. The number of hydrogen-bond donors (Lipinski definition) is 2. The average Bonchev–Trinajstić information content (AvgIpc) is 3.13. The van der Waals surface area contributed by atoms with Crippen molar-refractivity contribution in [1.29, 1.82) is 0 Å². The number of carbonyl (C=O) groups excluding carboxylic acids is 1. The first-order chi connectivity index (χ1) is 11.3. The van der Waals surface area contributed by atoms with Crippen LogP contribution < -0.4 is 5.32 Å². The molecule has 2 amide bonds. The van der Waals surface area contributed by atoms with Gasteiger partial charge >= 0.3 is 6.03 Å². The first-order valence-corrected chi connectivity index (χ1v) is 8.76. The molecule has 23 heavy (non-hydrogen) atoms. The number of carbonyl (C=O) groups is 1. The quantitative estimate of drug-likeness (QED) is 0.648. The predicted molar refractivity (Wildman–Crippen MR) is 88.0 cm³/mol. The van der Waals surface area contributed by atoms with Gasteiger partial charge in [-0.15, -0.1) is 16.9 Å². The minimum absolute atomic E-state index is 0.000643. The zero-order valence-electron chi connectivity index (χ0n) is 12.8. The SMILES string of the molecule is O=C(NCCSc1cn[nH]n1)N1CCCC[C@@H]1c1cccnc1.